The highest BCUT2D eigenvalue weighted by Gasteiger charge is 2.24. The lowest BCUT2D eigenvalue weighted by molar-refractivity contribution is -0.118. The van der Waals surface area contributed by atoms with Crippen LogP contribution in [0.15, 0.2) is 36.4 Å². The van der Waals surface area contributed by atoms with E-state index in [1.54, 1.807) is 22.3 Å². The van der Waals surface area contributed by atoms with Gasteiger partial charge in [-0.3, -0.25) is 9.59 Å². The first-order valence-electron chi connectivity index (χ1n) is 10.6. The first-order chi connectivity index (χ1) is 15.1. The minimum Gasteiger partial charge on any atom is -0.378 e. The second-order valence-electron chi connectivity index (χ2n) is 7.72. The number of rotatable bonds is 4. The van der Waals surface area contributed by atoms with E-state index in [0.29, 0.717) is 18.5 Å². The normalized spacial score (nSPS) is 15.9. The Morgan fingerprint density at radius 3 is 2.77 bits per heavy atom. The van der Waals surface area contributed by atoms with Gasteiger partial charge in [-0.05, 0) is 48.4 Å². The molecule has 0 saturated carbocycles. The summed E-state index contributed by atoms with van der Waals surface area (Å²) in [5, 5.41) is 3.99. The van der Waals surface area contributed by atoms with Crippen LogP contribution in [0.3, 0.4) is 0 Å². The third-order valence-electron chi connectivity index (χ3n) is 5.76. The molecule has 1 aromatic heterocycles. The minimum absolute atomic E-state index is 0.116. The van der Waals surface area contributed by atoms with Crippen LogP contribution in [0.25, 0.3) is 10.2 Å². The summed E-state index contributed by atoms with van der Waals surface area (Å²) >= 11 is 1.63. The van der Waals surface area contributed by atoms with Gasteiger partial charge in [-0.25, -0.2) is 4.98 Å². The van der Waals surface area contributed by atoms with Crippen LogP contribution in [0.4, 0.5) is 16.5 Å². The smallest absolute Gasteiger partial charge is 0.255 e. The van der Waals surface area contributed by atoms with Crippen molar-refractivity contribution in [3.63, 3.8) is 0 Å². The predicted octanol–water partition coefficient (Wildman–Crippen LogP) is 3.68. The Balaban J connectivity index is 1.33. The average Bonchev–Trinajstić information content (AvgIpc) is 3.42. The molecule has 2 aliphatic heterocycles. The molecule has 1 fully saturated rings. The number of thiazole rings is 1. The second kappa shape index (κ2) is 8.28. The first kappa shape index (κ1) is 20.0. The van der Waals surface area contributed by atoms with Gasteiger partial charge in [0, 0.05) is 43.0 Å². The Morgan fingerprint density at radius 1 is 1.13 bits per heavy atom. The van der Waals surface area contributed by atoms with E-state index >= 15 is 0 Å². The molecule has 0 radical (unpaired) electrons. The maximum absolute atomic E-state index is 12.8. The zero-order valence-corrected chi connectivity index (χ0v) is 18.2. The van der Waals surface area contributed by atoms with E-state index in [1.807, 2.05) is 37.3 Å². The number of carbonyl (C=O) groups is 2. The van der Waals surface area contributed by atoms with Gasteiger partial charge in [0.1, 0.15) is 0 Å². The maximum Gasteiger partial charge on any atom is 0.255 e. The molecule has 3 heterocycles. The molecule has 5 rings (SSSR count). The van der Waals surface area contributed by atoms with Crippen LogP contribution in [0, 0.1) is 0 Å². The Hall–Kier alpha value is -2.97. The van der Waals surface area contributed by atoms with E-state index < -0.39 is 0 Å². The van der Waals surface area contributed by atoms with E-state index in [4.69, 9.17) is 9.72 Å². The number of morpholine rings is 1. The van der Waals surface area contributed by atoms with Crippen molar-refractivity contribution in [2.75, 3.05) is 48.0 Å². The van der Waals surface area contributed by atoms with Crippen LogP contribution in [-0.4, -0.2) is 49.6 Å². The van der Waals surface area contributed by atoms with Gasteiger partial charge < -0.3 is 19.9 Å². The molecular formula is C23H24N4O3S. The summed E-state index contributed by atoms with van der Waals surface area (Å²) in [7, 11) is 0. The fourth-order valence-electron chi connectivity index (χ4n) is 4.08. The van der Waals surface area contributed by atoms with Crippen LogP contribution in [0.2, 0.25) is 0 Å². The number of ether oxygens (including phenoxy) is 1. The Kier molecular flexibility index (Phi) is 5.33. The summed E-state index contributed by atoms with van der Waals surface area (Å²) in [6.45, 7) is 5.70. The molecule has 3 aromatic rings. The fraction of sp³-hybridized carbons (Fsp3) is 0.348. The zero-order valence-electron chi connectivity index (χ0n) is 17.4. The van der Waals surface area contributed by atoms with Crippen molar-refractivity contribution in [3.8, 4) is 0 Å². The van der Waals surface area contributed by atoms with E-state index in [1.165, 1.54) is 0 Å². The molecule has 0 unspecified atom stereocenters. The van der Waals surface area contributed by atoms with Gasteiger partial charge in [0.25, 0.3) is 5.91 Å². The van der Waals surface area contributed by atoms with Crippen LogP contribution in [0.1, 0.15) is 29.3 Å². The van der Waals surface area contributed by atoms with Crippen LogP contribution >= 0.6 is 11.3 Å². The number of aromatic nitrogens is 1. The summed E-state index contributed by atoms with van der Waals surface area (Å²) in [4.78, 5) is 33.7. The fourth-order valence-corrected chi connectivity index (χ4v) is 5.13. The van der Waals surface area contributed by atoms with Gasteiger partial charge in [0.05, 0.1) is 23.4 Å². The number of hydrogen-bond donors (Lipinski definition) is 1. The quantitative estimate of drug-likeness (QED) is 0.675. The standard InChI is InChI=1S/C23H24N4O3S/c1-2-21(28)27-8-7-15-13-16(3-6-19(15)27)22(29)24-17-4-5-18-20(14-17)31-23(25-18)26-9-11-30-12-10-26/h3-6,13-14H,2,7-12H2,1H3,(H,24,29). The summed E-state index contributed by atoms with van der Waals surface area (Å²) < 4.78 is 6.46. The highest BCUT2D eigenvalue weighted by molar-refractivity contribution is 7.22. The monoisotopic (exact) mass is 436 g/mol. The largest absolute Gasteiger partial charge is 0.378 e. The minimum atomic E-state index is -0.152. The number of anilines is 3. The molecule has 2 amide bonds. The highest BCUT2D eigenvalue weighted by atomic mass is 32.1. The third kappa shape index (κ3) is 3.88. The van der Waals surface area contributed by atoms with Gasteiger partial charge in [0.2, 0.25) is 5.91 Å². The molecule has 0 spiro atoms. The first-order valence-corrected chi connectivity index (χ1v) is 11.4. The van der Waals surface area contributed by atoms with Gasteiger partial charge in [0.15, 0.2) is 5.13 Å². The third-order valence-corrected chi connectivity index (χ3v) is 6.84. The number of nitrogens with zero attached hydrogens (tertiary/aromatic N) is 3. The number of hydrogen-bond acceptors (Lipinski definition) is 6. The van der Waals surface area contributed by atoms with Crippen molar-refractivity contribution in [1.29, 1.82) is 0 Å². The molecule has 2 aliphatic rings. The Labute approximate surface area is 184 Å². The molecule has 31 heavy (non-hydrogen) atoms. The summed E-state index contributed by atoms with van der Waals surface area (Å²) in [5.74, 6) is -0.0365. The maximum atomic E-state index is 12.8. The summed E-state index contributed by atoms with van der Waals surface area (Å²) in [6.07, 6.45) is 1.26. The van der Waals surface area contributed by atoms with Crippen molar-refractivity contribution in [2.24, 2.45) is 0 Å². The Bertz CT molecular complexity index is 1150. The average molecular weight is 437 g/mol. The van der Waals surface area contributed by atoms with E-state index in [-0.39, 0.29) is 11.8 Å². The topological polar surface area (TPSA) is 74.8 Å². The number of fused-ring (bicyclic) bond motifs is 2. The Morgan fingerprint density at radius 2 is 1.97 bits per heavy atom. The molecule has 8 heteroatoms. The van der Waals surface area contributed by atoms with Crippen molar-refractivity contribution in [3.05, 3.63) is 47.5 Å². The molecule has 2 aromatic carbocycles. The molecule has 0 aliphatic carbocycles. The summed E-state index contributed by atoms with van der Waals surface area (Å²) in [6, 6.07) is 11.4. The van der Waals surface area contributed by atoms with Crippen LogP contribution in [-0.2, 0) is 16.0 Å². The van der Waals surface area contributed by atoms with E-state index in [0.717, 1.165) is 65.0 Å². The van der Waals surface area contributed by atoms with Crippen molar-refractivity contribution >= 4 is 49.9 Å². The molecule has 7 nitrogen and oxygen atoms in total. The summed E-state index contributed by atoms with van der Waals surface area (Å²) in [5.41, 5.74) is 4.25. The molecule has 1 saturated heterocycles. The van der Waals surface area contributed by atoms with Crippen molar-refractivity contribution in [1.82, 2.24) is 4.98 Å². The molecule has 160 valence electrons. The van der Waals surface area contributed by atoms with Gasteiger partial charge in [-0.15, -0.1) is 0 Å². The number of benzene rings is 2. The molecule has 1 N–H and O–H groups in total. The van der Waals surface area contributed by atoms with E-state index in [9.17, 15) is 9.59 Å². The highest BCUT2D eigenvalue weighted by Crippen LogP contribution is 2.32. The van der Waals surface area contributed by atoms with Gasteiger partial charge in [-0.2, -0.15) is 0 Å². The lowest BCUT2D eigenvalue weighted by Crippen LogP contribution is -2.36. The lowest BCUT2D eigenvalue weighted by Gasteiger charge is -2.25. The lowest BCUT2D eigenvalue weighted by atomic mass is 10.1. The number of nitrogens with one attached hydrogen (secondary N) is 1. The molecule has 0 atom stereocenters. The molecule has 0 bridgehead atoms. The van der Waals surface area contributed by atoms with Crippen molar-refractivity contribution < 1.29 is 14.3 Å². The number of amides is 2. The predicted molar refractivity (Wildman–Crippen MR) is 123 cm³/mol. The van der Waals surface area contributed by atoms with Crippen molar-refractivity contribution in [2.45, 2.75) is 19.8 Å². The van der Waals surface area contributed by atoms with E-state index in [2.05, 4.69) is 10.2 Å². The second-order valence-corrected chi connectivity index (χ2v) is 8.73. The van der Waals surface area contributed by atoms with Gasteiger partial charge >= 0.3 is 0 Å². The molecular weight excluding hydrogens is 412 g/mol. The van der Waals surface area contributed by atoms with Gasteiger partial charge in [-0.1, -0.05) is 18.3 Å². The van der Waals surface area contributed by atoms with Crippen LogP contribution in [0.5, 0.6) is 0 Å². The van der Waals surface area contributed by atoms with Crippen LogP contribution < -0.4 is 15.1 Å². The zero-order chi connectivity index (χ0) is 21.4. The number of carbonyl (C=O) groups excluding carboxylic acids is 2. The SMILES string of the molecule is CCC(=O)N1CCc2cc(C(=O)Nc3ccc4nc(N5CCOCC5)sc4c3)ccc21.